The Balaban J connectivity index is 2.00. The largest absolute Gasteiger partial charge is 0.398 e. The molecule has 98 valence electrons. The summed E-state index contributed by atoms with van der Waals surface area (Å²) in [5.41, 5.74) is 6.92. The van der Waals surface area contributed by atoms with E-state index in [1.807, 2.05) is 6.92 Å². The monoisotopic (exact) mass is 312 g/mol. The van der Waals surface area contributed by atoms with Crippen molar-refractivity contribution in [2.24, 2.45) is 5.92 Å². The van der Waals surface area contributed by atoms with Gasteiger partial charge in [-0.1, -0.05) is 0 Å². The highest BCUT2D eigenvalue weighted by Crippen LogP contribution is 2.21. The fourth-order valence-corrected chi connectivity index (χ4v) is 2.29. The van der Waals surface area contributed by atoms with Gasteiger partial charge < -0.3 is 15.8 Å². The minimum absolute atomic E-state index is 0.0893. The molecule has 0 saturated carbocycles. The molecule has 1 aliphatic rings. The lowest BCUT2D eigenvalue weighted by molar-refractivity contribution is 0.0922. The fraction of sp³-hybridized carbons (Fsp3) is 0.462. The molecular formula is C13H17BrN2O2. The zero-order chi connectivity index (χ0) is 13.1. The van der Waals surface area contributed by atoms with Crippen LogP contribution in [-0.2, 0) is 4.74 Å². The van der Waals surface area contributed by atoms with Crippen LogP contribution in [0.15, 0.2) is 22.7 Å². The highest BCUT2D eigenvalue weighted by atomic mass is 79.9. The number of halogens is 1. The summed E-state index contributed by atoms with van der Waals surface area (Å²) in [6.07, 6.45) is 1.00. The molecule has 1 fully saturated rings. The van der Waals surface area contributed by atoms with Crippen molar-refractivity contribution in [1.82, 2.24) is 5.32 Å². The number of nitrogen functional groups attached to an aromatic ring is 1. The predicted molar refractivity (Wildman–Crippen MR) is 74.4 cm³/mol. The first kappa shape index (κ1) is 13.4. The van der Waals surface area contributed by atoms with Gasteiger partial charge in [0.2, 0.25) is 0 Å². The lowest BCUT2D eigenvalue weighted by Crippen LogP contribution is -2.38. The molecule has 18 heavy (non-hydrogen) atoms. The van der Waals surface area contributed by atoms with Crippen LogP contribution >= 0.6 is 15.9 Å². The summed E-state index contributed by atoms with van der Waals surface area (Å²) in [4.78, 5) is 12.1. The van der Waals surface area contributed by atoms with Gasteiger partial charge >= 0.3 is 0 Å². The molecule has 0 radical (unpaired) electrons. The maximum Gasteiger partial charge on any atom is 0.251 e. The number of hydrogen-bond donors (Lipinski definition) is 2. The summed E-state index contributed by atoms with van der Waals surface area (Å²) in [7, 11) is 0. The summed E-state index contributed by atoms with van der Waals surface area (Å²) >= 11 is 3.31. The quantitative estimate of drug-likeness (QED) is 0.841. The normalized spacial score (nSPS) is 20.7. The van der Waals surface area contributed by atoms with Crippen molar-refractivity contribution in [3.05, 3.63) is 28.2 Å². The summed E-state index contributed by atoms with van der Waals surface area (Å²) < 4.78 is 6.12. The van der Waals surface area contributed by atoms with Crippen LogP contribution in [-0.4, -0.2) is 25.2 Å². The van der Waals surface area contributed by atoms with Gasteiger partial charge in [0.1, 0.15) is 0 Å². The molecule has 1 amide bonds. The van der Waals surface area contributed by atoms with E-state index in [0.29, 0.717) is 17.2 Å². The Morgan fingerprint density at radius 2 is 2.39 bits per heavy atom. The van der Waals surface area contributed by atoms with Crippen molar-refractivity contribution in [2.45, 2.75) is 19.4 Å². The Bertz CT molecular complexity index is 445. The van der Waals surface area contributed by atoms with Crippen molar-refractivity contribution in [3.8, 4) is 0 Å². The van der Waals surface area contributed by atoms with Gasteiger partial charge in [0.15, 0.2) is 0 Å². The van der Waals surface area contributed by atoms with Crippen molar-refractivity contribution in [2.75, 3.05) is 18.9 Å². The van der Waals surface area contributed by atoms with E-state index < -0.39 is 0 Å². The van der Waals surface area contributed by atoms with Crippen molar-refractivity contribution >= 4 is 27.5 Å². The molecule has 1 heterocycles. The molecule has 3 N–H and O–H groups in total. The minimum Gasteiger partial charge on any atom is -0.398 e. The van der Waals surface area contributed by atoms with Gasteiger partial charge in [-0.2, -0.15) is 0 Å². The Morgan fingerprint density at radius 3 is 3.00 bits per heavy atom. The van der Waals surface area contributed by atoms with Crippen LogP contribution in [0.3, 0.4) is 0 Å². The first-order chi connectivity index (χ1) is 8.58. The first-order valence-corrected chi connectivity index (χ1v) is 6.81. The van der Waals surface area contributed by atoms with Gasteiger partial charge in [-0.15, -0.1) is 0 Å². The number of anilines is 1. The van der Waals surface area contributed by atoms with Crippen LogP contribution < -0.4 is 11.1 Å². The Morgan fingerprint density at radius 1 is 1.61 bits per heavy atom. The van der Waals surface area contributed by atoms with Crippen LogP contribution in [0.4, 0.5) is 5.69 Å². The summed E-state index contributed by atoms with van der Waals surface area (Å²) in [5, 5.41) is 2.99. The van der Waals surface area contributed by atoms with E-state index in [-0.39, 0.29) is 11.9 Å². The maximum absolute atomic E-state index is 12.1. The third-order valence-corrected chi connectivity index (χ3v) is 4.01. The molecule has 1 aromatic carbocycles. The second-order valence-corrected chi connectivity index (χ2v) is 5.48. The number of ether oxygens (including phenoxy) is 1. The fourth-order valence-electron chi connectivity index (χ4n) is 2.04. The van der Waals surface area contributed by atoms with Gasteiger partial charge in [0, 0.05) is 34.3 Å². The van der Waals surface area contributed by atoms with Gasteiger partial charge in [-0.25, -0.2) is 0 Å². The van der Waals surface area contributed by atoms with E-state index in [2.05, 4.69) is 21.2 Å². The van der Waals surface area contributed by atoms with Crippen molar-refractivity contribution in [3.63, 3.8) is 0 Å². The molecule has 1 aliphatic heterocycles. The van der Waals surface area contributed by atoms with Gasteiger partial charge in [0.25, 0.3) is 5.91 Å². The summed E-state index contributed by atoms with van der Waals surface area (Å²) in [6, 6.07) is 5.34. The molecule has 5 heteroatoms. The Hall–Kier alpha value is -1.07. The summed E-state index contributed by atoms with van der Waals surface area (Å²) in [6.45, 7) is 3.53. The van der Waals surface area contributed by atoms with Crippen LogP contribution in [0.5, 0.6) is 0 Å². The van der Waals surface area contributed by atoms with E-state index in [1.165, 1.54) is 0 Å². The second-order valence-electron chi connectivity index (χ2n) is 4.62. The average molecular weight is 313 g/mol. The molecular weight excluding hydrogens is 296 g/mol. The molecule has 4 nitrogen and oxygen atoms in total. The van der Waals surface area contributed by atoms with Crippen LogP contribution in [0.25, 0.3) is 0 Å². The Kier molecular flexibility index (Phi) is 4.24. The number of nitrogens with one attached hydrogen (secondary N) is 1. The molecule has 1 aromatic rings. The standard InChI is InChI=1S/C13H17BrN2O2/c1-8(10-4-5-18-7-10)16-13(17)9-2-3-11(14)12(15)6-9/h2-3,6,8,10H,4-5,7,15H2,1H3,(H,16,17). The molecule has 1 saturated heterocycles. The summed E-state index contributed by atoms with van der Waals surface area (Å²) in [5.74, 6) is 0.315. The molecule has 2 unspecified atom stereocenters. The predicted octanol–water partition coefficient (Wildman–Crippen LogP) is 2.19. The number of hydrogen-bond acceptors (Lipinski definition) is 3. The van der Waals surface area contributed by atoms with E-state index >= 15 is 0 Å². The lowest BCUT2D eigenvalue weighted by Gasteiger charge is -2.19. The SMILES string of the molecule is CC(NC(=O)c1ccc(Br)c(N)c1)C1CCOC1. The maximum atomic E-state index is 12.1. The number of carbonyl (C=O) groups is 1. The number of carbonyl (C=O) groups excluding carboxylic acids is 1. The first-order valence-electron chi connectivity index (χ1n) is 6.01. The molecule has 2 atom stereocenters. The van der Waals surface area contributed by atoms with E-state index in [9.17, 15) is 4.79 Å². The molecule has 0 aliphatic carbocycles. The lowest BCUT2D eigenvalue weighted by atomic mass is 10.0. The number of rotatable bonds is 3. The topological polar surface area (TPSA) is 64.4 Å². The second kappa shape index (κ2) is 5.71. The minimum atomic E-state index is -0.0893. The van der Waals surface area contributed by atoms with Crippen LogP contribution in [0, 0.1) is 5.92 Å². The Labute approximate surface area is 115 Å². The number of amides is 1. The van der Waals surface area contributed by atoms with Crippen molar-refractivity contribution < 1.29 is 9.53 Å². The van der Waals surface area contributed by atoms with Gasteiger partial charge in [-0.3, -0.25) is 4.79 Å². The zero-order valence-electron chi connectivity index (χ0n) is 10.3. The van der Waals surface area contributed by atoms with E-state index in [1.54, 1.807) is 18.2 Å². The molecule has 0 spiro atoms. The third kappa shape index (κ3) is 3.03. The van der Waals surface area contributed by atoms with E-state index in [4.69, 9.17) is 10.5 Å². The van der Waals surface area contributed by atoms with E-state index in [0.717, 1.165) is 24.1 Å². The highest BCUT2D eigenvalue weighted by Gasteiger charge is 2.23. The number of benzene rings is 1. The van der Waals surface area contributed by atoms with Crippen molar-refractivity contribution in [1.29, 1.82) is 0 Å². The molecule has 2 rings (SSSR count). The molecule has 0 aromatic heterocycles. The molecule has 0 bridgehead atoms. The average Bonchev–Trinajstić information content (AvgIpc) is 2.86. The van der Waals surface area contributed by atoms with Gasteiger partial charge in [0.05, 0.1) is 6.61 Å². The van der Waals surface area contributed by atoms with Crippen LogP contribution in [0.1, 0.15) is 23.7 Å². The van der Waals surface area contributed by atoms with Gasteiger partial charge in [-0.05, 0) is 47.5 Å². The highest BCUT2D eigenvalue weighted by molar-refractivity contribution is 9.10. The smallest absolute Gasteiger partial charge is 0.251 e. The zero-order valence-corrected chi connectivity index (χ0v) is 11.9. The number of nitrogens with two attached hydrogens (primary N) is 1. The van der Waals surface area contributed by atoms with Crippen LogP contribution in [0.2, 0.25) is 0 Å². The third-order valence-electron chi connectivity index (χ3n) is 3.29.